The van der Waals surface area contributed by atoms with E-state index in [1.165, 1.54) is 0 Å². The van der Waals surface area contributed by atoms with Crippen molar-refractivity contribution in [2.24, 2.45) is 0 Å². The molecule has 4 nitrogen and oxygen atoms in total. The minimum atomic E-state index is 0.0222. The molecule has 110 valence electrons. The Kier molecular flexibility index (Phi) is 4.25. The van der Waals surface area contributed by atoms with Gasteiger partial charge in [-0.05, 0) is 40.1 Å². The Morgan fingerprint density at radius 2 is 2.05 bits per heavy atom. The number of aromatic nitrogens is 2. The molecule has 0 aliphatic rings. The van der Waals surface area contributed by atoms with Crippen molar-refractivity contribution in [3.05, 3.63) is 24.0 Å². The molecule has 20 heavy (non-hydrogen) atoms. The van der Waals surface area contributed by atoms with Crippen molar-refractivity contribution in [2.75, 3.05) is 21.2 Å². The standard InChI is InChI=1S/C15H22ClN3O/c1-15(2,18(3)4)10-19-13-7-6-11(20-5)8-12(13)17-14(19)9-16/h6-8H,9-10H2,1-5H3. The summed E-state index contributed by atoms with van der Waals surface area (Å²) in [5, 5.41) is 0. The Hall–Kier alpha value is -1.26. The zero-order valence-corrected chi connectivity index (χ0v) is 13.5. The smallest absolute Gasteiger partial charge is 0.124 e. The van der Waals surface area contributed by atoms with Crippen LogP contribution < -0.4 is 4.74 Å². The highest BCUT2D eigenvalue weighted by atomic mass is 35.5. The van der Waals surface area contributed by atoms with Gasteiger partial charge in [0, 0.05) is 18.2 Å². The first-order valence-electron chi connectivity index (χ1n) is 6.65. The van der Waals surface area contributed by atoms with E-state index in [4.69, 9.17) is 16.3 Å². The third-order valence-corrected chi connectivity index (χ3v) is 4.15. The number of nitrogens with zero attached hydrogens (tertiary/aromatic N) is 3. The van der Waals surface area contributed by atoms with Gasteiger partial charge in [-0.25, -0.2) is 4.98 Å². The van der Waals surface area contributed by atoms with Crippen LogP contribution in [0.25, 0.3) is 11.0 Å². The van der Waals surface area contributed by atoms with Gasteiger partial charge in [0.25, 0.3) is 0 Å². The summed E-state index contributed by atoms with van der Waals surface area (Å²) in [6.45, 7) is 5.26. The summed E-state index contributed by atoms with van der Waals surface area (Å²) in [4.78, 5) is 6.82. The number of methoxy groups -OCH3 is 1. The second-order valence-corrected chi connectivity index (χ2v) is 6.08. The van der Waals surface area contributed by atoms with E-state index < -0.39 is 0 Å². The van der Waals surface area contributed by atoms with E-state index in [0.29, 0.717) is 5.88 Å². The predicted molar refractivity (Wildman–Crippen MR) is 83.6 cm³/mol. The van der Waals surface area contributed by atoms with Crippen LogP contribution in [-0.2, 0) is 12.4 Å². The van der Waals surface area contributed by atoms with Crippen LogP contribution in [-0.4, -0.2) is 41.2 Å². The molecule has 0 aliphatic heterocycles. The van der Waals surface area contributed by atoms with Gasteiger partial charge >= 0.3 is 0 Å². The molecule has 0 spiro atoms. The molecule has 0 saturated heterocycles. The Labute approximate surface area is 125 Å². The van der Waals surface area contributed by atoms with Crippen LogP contribution in [0.3, 0.4) is 0 Å². The molecule has 0 unspecified atom stereocenters. The van der Waals surface area contributed by atoms with Crippen LogP contribution >= 0.6 is 11.6 Å². The van der Waals surface area contributed by atoms with Gasteiger partial charge in [0.1, 0.15) is 11.6 Å². The Morgan fingerprint density at radius 1 is 1.35 bits per heavy atom. The highest BCUT2D eigenvalue weighted by Gasteiger charge is 2.23. The summed E-state index contributed by atoms with van der Waals surface area (Å²) in [7, 11) is 5.83. The number of hydrogen-bond acceptors (Lipinski definition) is 3. The average Bonchev–Trinajstić information content (AvgIpc) is 2.75. The Morgan fingerprint density at radius 3 is 2.60 bits per heavy atom. The van der Waals surface area contributed by atoms with Gasteiger partial charge in [0.15, 0.2) is 0 Å². The zero-order chi connectivity index (χ0) is 14.9. The lowest BCUT2D eigenvalue weighted by molar-refractivity contribution is 0.170. The third-order valence-electron chi connectivity index (χ3n) is 3.91. The molecule has 0 aliphatic carbocycles. The van der Waals surface area contributed by atoms with E-state index in [2.05, 4.69) is 42.4 Å². The molecule has 1 heterocycles. The van der Waals surface area contributed by atoms with Gasteiger partial charge in [-0.15, -0.1) is 11.6 Å². The molecule has 2 aromatic rings. The first-order chi connectivity index (χ1) is 9.39. The molecule has 2 rings (SSSR count). The number of ether oxygens (including phenoxy) is 1. The summed E-state index contributed by atoms with van der Waals surface area (Å²) in [5.41, 5.74) is 2.04. The molecule has 1 aromatic heterocycles. The number of imidazole rings is 1. The maximum Gasteiger partial charge on any atom is 0.124 e. The Bertz CT molecular complexity index is 604. The van der Waals surface area contributed by atoms with E-state index in [1.807, 2.05) is 18.2 Å². The molecular weight excluding hydrogens is 274 g/mol. The zero-order valence-electron chi connectivity index (χ0n) is 12.8. The van der Waals surface area contributed by atoms with Crippen molar-refractivity contribution in [3.8, 4) is 5.75 Å². The maximum atomic E-state index is 6.06. The normalized spacial score (nSPS) is 12.3. The summed E-state index contributed by atoms with van der Waals surface area (Å²) < 4.78 is 7.45. The van der Waals surface area contributed by atoms with Crippen LogP contribution in [0.5, 0.6) is 5.75 Å². The minimum Gasteiger partial charge on any atom is -0.497 e. The lowest BCUT2D eigenvalue weighted by Crippen LogP contribution is -2.42. The summed E-state index contributed by atoms with van der Waals surface area (Å²) in [6, 6.07) is 5.95. The highest BCUT2D eigenvalue weighted by Crippen LogP contribution is 2.25. The van der Waals surface area contributed by atoms with Crippen molar-refractivity contribution in [3.63, 3.8) is 0 Å². The van der Waals surface area contributed by atoms with Gasteiger partial charge in [0.2, 0.25) is 0 Å². The van der Waals surface area contributed by atoms with Crippen molar-refractivity contribution in [1.29, 1.82) is 0 Å². The molecule has 0 amide bonds. The van der Waals surface area contributed by atoms with Gasteiger partial charge in [0.05, 0.1) is 24.0 Å². The van der Waals surface area contributed by atoms with E-state index in [9.17, 15) is 0 Å². The van der Waals surface area contributed by atoms with Crippen LogP contribution in [0, 0.1) is 0 Å². The number of rotatable bonds is 5. The average molecular weight is 296 g/mol. The summed E-state index contributed by atoms with van der Waals surface area (Å²) >= 11 is 6.06. The predicted octanol–water partition coefficient (Wildman–Crippen LogP) is 3.12. The van der Waals surface area contributed by atoms with Crippen molar-refractivity contribution in [2.45, 2.75) is 31.8 Å². The molecule has 0 radical (unpaired) electrons. The Balaban J connectivity index is 2.51. The van der Waals surface area contributed by atoms with Crippen LogP contribution in [0.2, 0.25) is 0 Å². The van der Waals surface area contributed by atoms with Crippen molar-refractivity contribution in [1.82, 2.24) is 14.5 Å². The molecule has 1 aromatic carbocycles. The first kappa shape index (κ1) is 15.1. The number of hydrogen-bond donors (Lipinski definition) is 0. The lowest BCUT2D eigenvalue weighted by atomic mass is 10.0. The van der Waals surface area contributed by atoms with E-state index >= 15 is 0 Å². The van der Waals surface area contributed by atoms with Gasteiger partial charge in [-0.1, -0.05) is 0 Å². The highest BCUT2D eigenvalue weighted by molar-refractivity contribution is 6.16. The van der Waals surface area contributed by atoms with Gasteiger partial charge in [-0.2, -0.15) is 0 Å². The minimum absolute atomic E-state index is 0.0222. The van der Waals surface area contributed by atoms with Gasteiger partial charge in [-0.3, -0.25) is 0 Å². The molecule has 0 saturated carbocycles. The number of alkyl halides is 1. The van der Waals surface area contributed by atoms with Crippen LogP contribution in [0.4, 0.5) is 0 Å². The van der Waals surface area contributed by atoms with E-state index in [1.54, 1.807) is 7.11 Å². The van der Waals surface area contributed by atoms with Crippen molar-refractivity contribution < 1.29 is 4.74 Å². The second-order valence-electron chi connectivity index (χ2n) is 5.81. The van der Waals surface area contributed by atoms with Gasteiger partial charge < -0.3 is 14.2 Å². The molecule has 0 atom stereocenters. The molecule has 0 N–H and O–H groups in total. The fraction of sp³-hybridized carbons (Fsp3) is 0.533. The molecular formula is C15H22ClN3O. The first-order valence-corrected chi connectivity index (χ1v) is 7.19. The number of fused-ring (bicyclic) bond motifs is 1. The second kappa shape index (κ2) is 5.62. The monoisotopic (exact) mass is 295 g/mol. The summed E-state index contributed by atoms with van der Waals surface area (Å²) in [5.74, 6) is 2.11. The van der Waals surface area contributed by atoms with E-state index in [-0.39, 0.29) is 5.54 Å². The fourth-order valence-corrected chi connectivity index (χ4v) is 2.30. The topological polar surface area (TPSA) is 30.3 Å². The molecule has 0 bridgehead atoms. The summed E-state index contributed by atoms with van der Waals surface area (Å²) in [6.07, 6.45) is 0. The molecule has 5 heteroatoms. The quantitative estimate of drug-likeness (QED) is 0.794. The number of likely N-dealkylation sites (N-methyl/N-ethyl adjacent to an activating group) is 1. The van der Waals surface area contributed by atoms with Crippen LogP contribution in [0.15, 0.2) is 18.2 Å². The fourth-order valence-electron chi connectivity index (χ4n) is 2.09. The largest absolute Gasteiger partial charge is 0.497 e. The SMILES string of the molecule is COc1ccc2c(c1)nc(CCl)n2CC(C)(C)N(C)C. The maximum absolute atomic E-state index is 6.06. The van der Waals surface area contributed by atoms with E-state index in [0.717, 1.165) is 29.2 Å². The lowest BCUT2D eigenvalue weighted by Gasteiger charge is -2.33. The van der Waals surface area contributed by atoms with Crippen molar-refractivity contribution >= 4 is 22.6 Å². The number of benzene rings is 1. The molecule has 0 fully saturated rings. The van der Waals surface area contributed by atoms with Crippen LogP contribution in [0.1, 0.15) is 19.7 Å². The number of halogens is 1. The third kappa shape index (κ3) is 2.76.